The van der Waals surface area contributed by atoms with Gasteiger partial charge < -0.3 is 19.9 Å². The van der Waals surface area contributed by atoms with Gasteiger partial charge >= 0.3 is 0 Å². The van der Waals surface area contributed by atoms with Gasteiger partial charge in [-0.2, -0.15) is 0 Å². The first-order valence-corrected chi connectivity index (χ1v) is 9.84. The van der Waals surface area contributed by atoms with Crippen molar-refractivity contribution in [3.05, 3.63) is 12.2 Å². The number of aryl methyl sites for hydroxylation is 1. The molecule has 0 atom stereocenters. The van der Waals surface area contributed by atoms with Gasteiger partial charge in [-0.3, -0.25) is 4.99 Å². The molecule has 142 valence electrons. The molecule has 0 aliphatic heterocycles. The molecule has 1 aliphatic carbocycles. The quantitative estimate of drug-likeness (QED) is 0.309. The van der Waals surface area contributed by atoms with Crippen LogP contribution in [0.1, 0.15) is 58.2 Å². The fourth-order valence-electron chi connectivity index (χ4n) is 3.16. The Morgan fingerprint density at radius 2 is 2.04 bits per heavy atom. The number of guanidine groups is 1. The third kappa shape index (κ3) is 7.42. The molecule has 0 saturated heterocycles. The van der Waals surface area contributed by atoms with E-state index in [1.165, 1.54) is 38.5 Å². The fourth-order valence-corrected chi connectivity index (χ4v) is 3.16. The van der Waals surface area contributed by atoms with Crippen molar-refractivity contribution in [2.45, 2.75) is 71.4 Å². The van der Waals surface area contributed by atoms with Crippen molar-refractivity contribution in [3.63, 3.8) is 0 Å². The van der Waals surface area contributed by atoms with Gasteiger partial charge in [0.15, 0.2) is 5.96 Å². The van der Waals surface area contributed by atoms with Gasteiger partial charge in [-0.25, -0.2) is 0 Å². The zero-order chi connectivity index (χ0) is 17.7. The van der Waals surface area contributed by atoms with Gasteiger partial charge in [0.05, 0.1) is 19.3 Å². The molecule has 7 nitrogen and oxygen atoms in total. The molecule has 2 N–H and O–H groups in total. The van der Waals surface area contributed by atoms with E-state index in [1.54, 1.807) is 6.33 Å². The molecule has 2 rings (SSSR count). The Morgan fingerprint density at radius 3 is 2.76 bits per heavy atom. The zero-order valence-corrected chi connectivity index (χ0v) is 15.8. The van der Waals surface area contributed by atoms with E-state index in [4.69, 9.17) is 4.74 Å². The minimum Gasteiger partial charge on any atom is -0.376 e. The Hall–Kier alpha value is -1.63. The fraction of sp³-hybridized carbons (Fsp3) is 0.833. The van der Waals surface area contributed by atoms with Crippen LogP contribution in [0.5, 0.6) is 0 Å². The first-order chi connectivity index (χ1) is 12.3. The predicted molar refractivity (Wildman–Crippen MR) is 101 cm³/mol. The summed E-state index contributed by atoms with van der Waals surface area (Å²) in [6.45, 7) is 8.04. The summed E-state index contributed by atoms with van der Waals surface area (Å²) in [5.41, 5.74) is 0. The molecule has 1 fully saturated rings. The number of nitrogens with zero attached hydrogens (tertiary/aromatic N) is 4. The molecule has 1 aromatic heterocycles. The maximum absolute atomic E-state index is 6.00. The molecule has 0 amide bonds. The summed E-state index contributed by atoms with van der Waals surface area (Å²) in [5, 5.41) is 14.7. The molecule has 1 saturated carbocycles. The Morgan fingerprint density at radius 1 is 1.24 bits per heavy atom. The summed E-state index contributed by atoms with van der Waals surface area (Å²) < 4.78 is 8.08. The first-order valence-electron chi connectivity index (χ1n) is 9.84. The number of ether oxygens (including phenoxy) is 1. The Kier molecular flexibility index (Phi) is 9.33. The number of rotatable bonds is 9. The highest BCUT2D eigenvalue weighted by Gasteiger charge is 2.11. The number of nitrogens with one attached hydrogen (secondary N) is 2. The molecule has 0 spiro atoms. The normalized spacial score (nSPS) is 16.6. The largest absolute Gasteiger partial charge is 0.376 e. The highest BCUT2D eigenvalue weighted by molar-refractivity contribution is 5.79. The van der Waals surface area contributed by atoms with Gasteiger partial charge in [0, 0.05) is 26.1 Å². The second-order valence-electron chi connectivity index (χ2n) is 6.47. The predicted octanol–water partition coefficient (Wildman–Crippen LogP) is 2.13. The average molecular weight is 351 g/mol. The SMILES string of the molecule is CCNC(=NCCOC1CCCCCC1)NCCn1cnnc1CC. The van der Waals surface area contributed by atoms with E-state index >= 15 is 0 Å². The van der Waals surface area contributed by atoms with Gasteiger partial charge in [0.25, 0.3) is 0 Å². The van der Waals surface area contributed by atoms with Crippen LogP contribution in [0.25, 0.3) is 0 Å². The molecular weight excluding hydrogens is 316 g/mol. The molecule has 25 heavy (non-hydrogen) atoms. The molecule has 0 bridgehead atoms. The third-order valence-electron chi connectivity index (χ3n) is 4.52. The molecule has 0 unspecified atom stereocenters. The summed E-state index contributed by atoms with van der Waals surface area (Å²) in [7, 11) is 0. The van der Waals surface area contributed by atoms with Crippen molar-refractivity contribution in [3.8, 4) is 0 Å². The van der Waals surface area contributed by atoms with Gasteiger partial charge in [-0.05, 0) is 19.8 Å². The van der Waals surface area contributed by atoms with E-state index in [-0.39, 0.29) is 0 Å². The number of aromatic nitrogens is 3. The topological polar surface area (TPSA) is 76.4 Å². The molecule has 7 heteroatoms. The Bertz CT molecular complexity index is 494. The van der Waals surface area contributed by atoms with Crippen molar-refractivity contribution >= 4 is 5.96 Å². The van der Waals surface area contributed by atoms with Crippen molar-refractivity contribution in [2.75, 3.05) is 26.2 Å². The standard InChI is InChI=1S/C18H34N6O/c1-3-17-23-22-15-24(17)13-11-20-18(19-4-2)21-12-14-25-16-9-7-5-6-8-10-16/h15-16H,3-14H2,1-2H3,(H2,19,20,21). The number of hydrogen-bond acceptors (Lipinski definition) is 4. The minimum absolute atomic E-state index is 0.439. The van der Waals surface area contributed by atoms with Crippen molar-refractivity contribution < 1.29 is 4.74 Å². The van der Waals surface area contributed by atoms with Crippen LogP contribution in [0.3, 0.4) is 0 Å². The van der Waals surface area contributed by atoms with Crippen LogP contribution in [0.15, 0.2) is 11.3 Å². The van der Waals surface area contributed by atoms with E-state index in [0.29, 0.717) is 19.3 Å². The average Bonchev–Trinajstić information content (AvgIpc) is 2.92. The highest BCUT2D eigenvalue weighted by Crippen LogP contribution is 2.19. The van der Waals surface area contributed by atoms with E-state index in [2.05, 4.69) is 44.2 Å². The van der Waals surface area contributed by atoms with Crippen LogP contribution in [0.4, 0.5) is 0 Å². The lowest BCUT2D eigenvalue weighted by atomic mass is 10.1. The van der Waals surface area contributed by atoms with Gasteiger partial charge in [-0.15, -0.1) is 10.2 Å². The summed E-state index contributed by atoms with van der Waals surface area (Å²) in [6, 6.07) is 0. The molecular formula is C18H34N6O. The smallest absolute Gasteiger partial charge is 0.191 e. The summed E-state index contributed by atoms with van der Waals surface area (Å²) >= 11 is 0. The van der Waals surface area contributed by atoms with Crippen molar-refractivity contribution in [1.29, 1.82) is 0 Å². The summed E-state index contributed by atoms with van der Waals surface area (Å²) in [5.74, 6) is 1.86. The highest BCUT2D eigenvalue weighted by atomic mass is 16.5. The number of hydrogen-bond donors (Lipinski definition) is 2. The van der Waals surface area contributed by atoms with Gasteiger partial charge in [-0.1, -0.05) is 32.6 Å². The minimum atomic E-state index is 0.439. The molecule has 1 aliphatic rings. The van der Waals surface area contributed by atoms with E-state index in [1.807, 2.05) is 0 Å². The van der Waals surface area contributed by atoms with Crippen LogP contribution >= 0.6 is 0 Å². The molecule has 1 aromatic rings. The lowest BCUT2D eigenvalue weighted by Crippen LogP contribution is -2.39. The van der Waals surface area contributed by atoms with Crippen LogP contribution < -0.4 is 10.6 Å². The maximum atomic E-state index is 6.00. The molecule has 1 heterocycles. The Labute approximate surface area is 151 Å². The molecule has 0 aromatic carbocycles. The monoisotopic (exact) mass is 350 g/mol. The van der Waals surface area contributed by atoms with E-state index in [9.17, 15) is 0 Å². The van der Waals surface area contributed by atoms with Gasteiger partial charge in [0.2, 0.25) is 0 Å². The lowest BCUT2D eigenvalue weighted by molar-refractivity contribution is 0.0487. The van der Waals surface area contributed by atoms with Gasteiger partial charge in [0.1, 0.15) is 12.2 Å². The van der Waals surface area contributed by atoms with Crippen LogP contribution in [-0.2, 0) is 17.7 Å². The van der Waals surface area contributed by atoms with Crippen LogP contribution in [-0.4, -0.2) is 53.1 Å². The summed E-state index contributed by atoms with van der Waals surface area (Å²) in [4.78, 5) is 4.61. The molecule has 0 radical (unpaired) electrons. The van der Waals surface area contributed by atoms with E-state index < -0.39 is 0 Å². The zero-order valence-electron chi connectivity index (χ0n) is 15.8. The number of aliphatic imine (C=N–C) groups is 1. The first kappa shape index (κ1) is 19.7. The van der Waals surface area contributed by atoms with Crippen molar-refractivity contribution in [1.82, 2.24) is 25.4 Å². The summed E-state index contributed by atoms with van der Waals surface area (Å²) in [6.07, 6.45) is 10.9. The van der Waals surface area contributed by atoms with Crippen molar-refractivity contribution in [2.24, 2.45) is 4.99 Å². The van der Waals surface area contributed by atoms with E-state index in [0.717, 1.165) is 37.8 Å². The van der Waals surface area contributed by atoms with Crippen LogP contribution in [0.2, 0.25) is 0 Å². The second-order valence-corrected chi connectivity index (χ2v) is 6.47. The maximum Gasteiger partial charge on any atom is 0.191 e. The Balaban J connectivity index is 1.68. The second kappa shape index (κ2) is 11.8. The third-order valence-corrected chi connectivity index (χ3v) is 4.52. The van der Waals surface area contributed by atoms with Crippen LogP contribution in [0, 0.1) is 0 Å². The lowest BCUT2D eigenvalue weighted by Gasteiger charge is -2.15.